The van der Waals surface area contributed by atoms with E-state index in [2.05, 4.69) is 20.9 Å². The molecule has 1 aromatic heterocycles. The molecular formula is C8H7BrClF2NO. The molecule has 0 fully saturated rings. The maximum atomic E-state index is 12.5. The summed E-state index contributed by atoms with van der Waals surface area (Å²) in [6.07, 6.45) is -2.58. The van der Waals surface area contributed by atoms with Crippen molar-refractivity contribution in [1.29, 1.82) is 0 Å². The van der Waals surface area contributed by atoms with Crippen LogP contribution in [0, 0.1) is 0 Å². The number of nitrogens with zero attached hydrogens (tertiary/aromatic N) is 1. The second kappa shape index (κ2) is 4.89. The number of pyridine rings is 1. The van der Waals surface area contributed by atoms with Gasteiger partial charge in [0.25, 0.3) is 6.43 Å². The first-order chi connectivity index (χ1) is 6.60. The Kier molecular flexibility index (Phi) is 4.07. The maximum absolute atomic E-state index is 12.5. The number of rotatable bonds is 3. The van der Waals surface area contributed by atoms with Gasteiger partial charge in [0.1, 0.15) is 0 Å². The number of hydrogen-bond acceptors (Lipinski definition) is 2. The molecule has 0 aromatic carbocycles. The number of aromatic nitrogens is 1. The van der Waals surface area contributed by atoms with Crippen LogP contribution >= 0.6 is 27.5 Å². The molecule has 0 saturated carbocycles. The van der Waals surface area contributed by atoms with Gasteiger partial charge in [0, 0.05) is 5.56 Å². The largest absolute Gasteiger partial charge is 0.480 e. The lowest BCUT2D eigenvalue weighted by atomic mass is 10.2. The van der Waals surface area contributed by atoms with Crippen LogP contribution < -0.4 is 4.74 Å². The Hall–Kier alpha value is -0.420. The summed E-state index contributed by atoms with van der Waals surface area (Å²) in [4.78, 5) is 3.92. The highest BCUT2D eigenvalue weighted by molar-refractivity contribution is 9.10. The van der Waals surface area contributed by atoms with Crippen LogP contribution in [0.1, 0.15) is 17.7 Å². The Labute approximate surface area is 93.4 Å². The molecule has 0 N–H and O–H groups in total. The molecule has 0 amide bonds. The zero-order valence-electron chi connectivity index (χ0n) is 7.23. The molecule has 2 nitrogen and oxygen atoms in total. The highest BCUT2D eigenvalue weighted by Gasteiger charge is 2.17. The molecule has 1 rings (SSSR count). The van der Waals surface area contributed by atoms with Crippen molar-refractivity contribution < 1.29 is 13.5 Å². The Balaban J connectivity index is 3.27. The summed E-state index contributed by atoms with van der Waals surface area (Å²) in [6.45, 7) is 0. The van der Waals surface area contributed by atoms with Crippen molar-refractivity contribution in [2.75, 3.05) is 7.11 Å². The third kappa shape index (κ3) is 2.33. The number of ether oxygens (including phenoxy) is 1. The minimum Gasteiger partial charge on any atom is -0.480 e. The van der Waals surface area contributed by atoms with Crippen LogP contribution in [0.4, 0.5) is 8.78 Å². The molecule has 1 heterocycles. The monoisotopic (exact) mass is 285 g/mol. The lowest BCUT2D eigenvalue weighted by Gasteiger charge is -2.09. The summed E-state index contributed by atoms with van der Waals surface area (Å²) in [5, 5.41) is 0. The predicted octanol–water partition coefficient (Wildman–Crippen LogP) is 3.53. The van der Waals surface area contributed by atoms with Gasteiger partial charge in [-0.15, -0.1) is 11.6 Å². The summed E-state index contributed by atoms with van der Waals surface area (Å²) in [5.41, 5.74) is 0.203. The standard InChI is InChI=1S/C8H7BrClF2NO/c1-14-8-6(9)5(7(11)12)2-4(3-10)13-8/h2,7H,3H2,1H3. The number of methoxy groups -OCH3 is 1. The van der Waals surface area contributed by atoms with Crippen LogP contribution in [0.25, 0.3) is 0 Å². The minimum atomic E-state index is -2.58. The van der Waals surface area contributed by atoms with E-state index in [4.69, 9.17) is 16.3 Å². The van der Waals surface area contributed by atoms with Crippen molar-refractivity contribution >= 4 is 27.5 Å². The lowest BCUT2D eigenvalue weighted by molar-refractivity contribution is 0.149. The molecule has 0 atom stereocenters. The third-order valence-electron chi connectivity index (χ3n) is 1.57. The molecule has 1 aromatic rings. The van der Waals surface area contributed by atoms with Crippen molar-refractivity contribution in [2.24, 2.45) is 0 Å². The van der Waals surface area contributed by atoms with Crippen LogP contribution in [0.5, 0.6) is 5.88 Å². The molecule has 0 aliphatic rings. The Morgan fingerprint density at radius 3 is 2.71 bits per heavy atom. The van der Waals surface area contributed by atoms with Gasteiger partial charge >= 0.3 is 0 Å². The summed E-state index contributed by atoms with van der Waals surface area (Å²) in [6, 6.07) is 1.25. The van der Waals surface area contributed by atoms with Crippen molar-refractivity contribution in [3.8, 4) is 5.88 Å². The van der Waals surface area contributed by atoms with Gasteiger partial charge in [-0.3, -0.25) is 0 Å². The molecular weight excluding hydrogens is 279 g/mol. The molecule has 78 valence electrons. The quantitative estimate of drug-likeness (QED) is 0.793. The van der Waals surface area contributed by atoms with E-state index in [0.29, 0.717) is 5.69 Å². The fourth-order valence-corrected chi connectivity index (χ4v) is 1.62. The Bertz CT molecular complexity index is 335. The summed E-state index contributed by atoms with van der Waals surface area (Å²) in [5.74, 6) is 0.196. The van der Waals surface area contributed by atoms with Gasteiger partial charge in [-0.25, -0.2) is 13.8 Å². The third-order valence-corrected chi connectivity index (χ3v) is 2.64. The Morgan fingerprint density at radius 2 is 2.29 bits per heavy atom. The second-order valence-corrected chi connectivity index (χ2v) is 3.52. The van der Waals surface area contributed by atoms with Gasteiger partial charge in [0.2, 0.25) is 5.88 Å². The van der Waals surface area contributed by atoms with Crippen LogP contribution in [0.3, 0.4) is 0 Å². The molecule has 0 aliphatic heterocycles. The van der Waals surface area contributed by atoms with Crippen molar-refractivity contribution in [3.63, 3.8) is 0 Å². The number of hydrogen-bond donors (Lipinski definition) is 0. The zero-order valence-corrected chi connectivity index (χ0v) is 9.57. The average Bonchev–Trinajstić information content (AvgIpc) is 2.17. The smallest absolute Gasteiger partial charge is 0.265 e. The highest BCUT2D eigenvalue weighted by Crippen LogP contribution is 2.34. The van der Waals surface area contributed by atoms with Gasteiger partial charge in [-0.2, -0.15) is 0 Å². The molecule has 0 spiro atoms. The van der Waals surface area contributed by atoms with E-state index in [9.17, 15) is 8.78 Å². The van der Waals surface area contributed by atoms with E-state index in [-0.39, 0.29) is 21.8 Å². The first-order valence-corrected chi connectivity index (χ1v) is 5.00. The van der Waals surface area contributed by atoms with E-state index >= 15 is 0 Å². The lowest BCUT2D eigenvalue weighted by Crippen LogP contribution is -1.98. The SMILES string of the molecule is COc1nc(CCl)cc(C(F)F)c1Br. The molecule has 0 radical (unpaired) electrons. The fourth-order valence-electron chi connectivity index (χ4n) is 0.941. The zero-order chi connectivity index (χ0) is 10.7. The summed E-state index contributed by atoms with van der Waals surface area (Å²) in [7, 11) is 1.36. The van der Waals surface area contributed by atoms with E-state index in [1.165, 1.54) is 13.2 Å². The first kappa shape index (κ1) is 11.7. The van der Waals surface area contributed by atoms with Crippen molar-refractivity contribution in [3.05, 3.63) is 21.8 Å². The number of halogens is 4. The highest BCUT2D eigenvalue weighted by atomic mass is 79.9. The van der Waals surface area contributed by atoms with E-state index in [1.54, 1.807) is 0 Å². The molecule has 0 bridgehead atoms. The topological polar surface area (TPSA) is 22.1 Å². The van der Waals surface area contributed by atoms with Crippen molar-refractivity contribution in [1.82, 2.24) is 4.98 Å². The molecule has 0 aliphatic carbocycles. The summed E-state index contributed by atoms with van der Waals surface area (Å²) >= 11 is 8.50. The van der Waals surface area contributed by atoms with Gasteiger partial charge in [0.15, 0.2) is 0 Å². The molecule has 14 heavy (non-hydrogen) atoms. The van der Waals surface area contributed by atoms with Gasteiger partial charge < -0.3 is 4.74 Å². The molecule has 0 unspecified atom stereocenters. The summed E-state index contributed by atoms with van der Waals surface area (Å²) < 4.78 is 30.0. The van der Waals surface area contributed by atoms with Crippen LogP contribution in [-0.4, -0.2) is 12.1 Å². The Morgan fingerprint density at radius 1 is 1.64 bits per heavy atom. The van der Waals surface area contributed by atoms with Gasteiger partial charge in [-0.05, 0) is 22.0 Å². The van der Waals surface area contributed by atoms with Gasteiger partial charge in [0.05, 0.1) is 23.2 Å². The fraction of sp³-hybridized carbons (Fsp3) is 0.375. The normalized spacial score (nSPS) is 10.7. The maximum Gasteiger partial charge on any atom is 0.265 e. The van der Waals surface area contributed by atoms with E-state index < -0.39 is 6.43 Å². The van der Waals surface area contributed by atoms with Gasteiger partial charge in [-0.1, -0.05) is 0 Å². The van der Waals surface area contributed by atoms with Crippen LogP contribution in [0.15, 0.2) is 10.5 Å². The van der Waals surface area contributed by atoms with E-state index in [0.717, 1.165) is 0 Å². The molecule has 0 saturated heterocycles. The first-order valence-electron chi connectivity index (χ1n) is 3.67. The van der Waals surface area contributed by atoms with Crippen LogP contribution in [0.2, 0.25) is 0 Å². The van der Waals surface area contributed by atoms with Crippen molar-refractivity contribution in [2.45, 2.75) is 12.3 Å². The van der Waals surface area contributed by atoms with Crippen LogP contribution in [-0.2, 0) is 5.88 Å². The number of alkyl halides is 3. The van der Waals surface area contributed by atoms with E-state index in [1.807, 2.05) is 0 Å². The molecule has 6 heteroatoms. The average molecular weight is 287 g/mol. The predicted molar refractivity (Wildman–Crippen MR) is 53.0 cm³/mol. The minimum absolute atomic E-state index is 0.0728. The second-order valence-electron chi connectivity index (χ2n) is 2.46.